The van der Waals surface area contributed by atoms with Gasteiger partial charge in [-0.3, -0.25) is 24.5 Å². The first-order chi connectivity index (χ1) is 20.9. The van der Waals surface area contributed by atoms with Crippen molar-refractivity contribution >= 4 is 17.4 Å². The summed E-state index contributed by atoms with van der Waals surface area (Å²) in [6.45, 7) is 4.41. The fraction of sp³-hybridized carbons (Fsp3) is 0.243. The third kappa shape index (κ3) is 4.20. The molecule has 6 nitrogen and oxygen atoms in total. The van der Waals surface area contributed by atoms with Crippen LogP contribution in [-0.2, 0) is 15.2 Å². The largest absolute Gasteiger partial charge is 0.375 e. The van der Waals surface area contributed by atoms with E-state index in [-0.39, 0.29) is 23.7 Å². The molecule has 4 aromatic rings. The van der Waals surface area contributed by atoms with Crippen LogP contribution in [0.4, 0.5) is 0 Å². The van der Waals surface area contributed by atoms with Gasteiger partial charge in [-0.2, -0.15) is 0 Å². The first-order valence-corrected chi connectivity index (χ1v) is 14.9. The Morgan fingerprint density at radius 3 is 2.07 bits per heavy atom. The fourth-order valence-corrected chi connectivity index (χ4v) is 7.46. The number of imide groups is 1. The standard InChI is InChI=1S/C37H33N3O3/c1-23(2)22-40-35(41)32-26-21-27(37(43,25-15-7-4-8-16-25)29-18-10-12-20-39-29)33(34(32)36(40)42)31(26)30(24-13-5-3-6-14-24)28-17-9-11-19-38-28/h3-21,23,26,32-34,43H,22H2,1-2H3/b31-30+/t26-,32-,33+,34-,37?/m1/s1. The van der Waals surface area contributed by atoms with E-state index in [4.69, 9.17) is 4.98 Å². The molecule has 7 rings (SSSR count). The molecule has 3 aliphatic rings. The number of hydrogen-bond donors (Lipinski definition) is 1. The molecule has 1 aliphatic heterocycles. The van der Waals surface area contributed by atoms with Crippen LogP contribution in [0.3, 0.4) is 0 Å². The molecule has 1 unspecified atom stereocenters. The molecule has 2 fully saturated rings. The van der Waals surface area contributed by atoms with Crippen molar-refractivity contribution in [1.82, 2.24) is 14.9 Å². The second kappa shape index (κ2) is 10.5. The van der Waals surface area contributed by atoms with Crippen molar-refractivity contribution in [3.63, 3.8) is 0 Å². The van der Waals surface area contributed by atoms with Gasteiger partial charge < -0.3 is 5.11 Å². The average Bonchev–Trinajstić information content (AvgIpc) is 3.66. The van der Waals surface area contributed by atoms with Gasteiger partial charge in [0.2, 0.25) is 11.8 Å². The van der Waals surface area contributed by atoms with Gasteiger partial charge in [0.15, 0.2) is 5.60 Å². The second-order valence-electron chi connectivity index (χ2n) is 12.1. The average molecular weight is 568 g/mol. The number of rotatable bonds is 7. The van der Waals surface area contributed by atoms with Crippen LogP contribution in [0.2, 0.25) is 0 Å². The van der Waals surface area contributed by atoms with Gasteiger partial charge in [0.05, 0.1) is 23.2 Å². The summed E-state index contributed by atoms with van der Waals surface area (Å²) >= 11 is 0. The number of pyridine rings is 2. The number of benzene rings is 2. The summed E-state index contributed by atoms with van der Waals surface area (Å²) in [5.41, 5.74) is 3.82. The molecule has 5 atom stereocenters. The zero-order valence-electron chi connectivity index (χ0n) is 24.2. The van der Waals surface area contributed by atoms with Crippen molar-refractivity contribution < 1.29 is 14.7 Å². The van der Waals surface area contributed by atoms with Crippen LogP contribution in [0.1, 0.15) is 36.4 Å². The minimum atomic E-state index is -1.61. The Morgan fingerprint density at radius 1 is 0.814 bits per heavy atom. The molecule has 2 bridgehead atoms. The van der Waals surface area contributed by atoms with Gasteiger partial charge in [-0.1, -0.05) is 92.7 Å². The molecule has 43 heavy (non-hydrogen) atoms. The summed E-state index contributed by atoms with van der Waals surface area (Å²) in [5, 5.41) is 12.9. The third-order valence-electron chi connectivity index (χ3n) is 9.09. The van der Waals surface area contributed by atoms with E-state index in [1.54, 1.807) is 12.4 Å². The molecule has 1 N–H and O–H groups in total. The molecule has 2 amide bonds. The molecule has 0 radical (unpaired) electrons. The van der Waals surface area contributed by atoms with Crippen molar-refractivity contribution in [2.45, 2.75) is 19.4 Å². The Morgan fingerprint density at radius 2 is 1.44 bits per heavy atom. The molecule has 1 saturated heterocycles. The molecule has 1 saturated carbocycles. The van der Waals surface area contributed by atoms with Crippen LogP contribution >= 0.6 is 0 Å². The lowest BCUT2D eigenvalue weighted by Crippen LogP contribution is -2.39. The van der Waals surface area contributed by atoms with Crippen LogP contribution in [0.25, 0.3) is 5.57 Å². The van der Waals surface area contributed by atoms with E-state index in [9.17, 15) is 14.7 Å². The number of aliphatic hydroxyl groups is 1. The van der Waals surface area contributed by atoms with E-state index in [0.29, 0.717) is 23.4 Å². The molecule has 2 aromatic carbocycles. The highest BCUT2D eigenvalue weighted by atomic mass is 16.3. The highest BCUT2D eigenvalue weighted by molar-refractivity contribution is 6.08. The Labute approximate surface area is 251 Å². The van der Waals surface area contributed by atoms with Gasteiger partial charge in [0.1, 0.15) is 0 Å². The summed E-state index contributed by atoms with van der Waals surface area (Å²) in [6, 6.07) is 30.8. The van der Waals surface area contributed by atoms with E-state index >= 15 is 0 Å². The zero-order chi connectivity index (χ0) is 29.7. The molecule has 2 aliphatic carbocycles. The predicted octanol–water partition coefficient (Wildman–Crippen LogP) is 5.66. The number of carbonyl (C=O) groups excluding carboxylic acids is 2. The SMILES string of the molecule is CC(C)CN1C(=O)[C@@H]2[C@H](C1=O)[C@@H]1C=C(C(O)(c3ccccc3)c3ccccn3)[C@H]2/C1=C(\c1ccccc1)c1ccccn1. The van der Waals surface area contributed by atoms with E-state index in [1.807, 2.05) is 111 Å². The van der Waals surface area contributed by atoms with Crippen molar-refractivity contribution in [2.24, 2.45) is 29.6 Å². The summed E-state index contributed by atoms with van der Waals surface area (Å²) in [4.78, 5) is 39.1. The molecule has 6 heteroatoms. The first-order valence-electron chi connectivity index (χ1n) is 14.9. The lowest BCUT2D eigenvalue weighted by atomic mass is 9.71. The summed E-state index contributed by atoms with van der Waals surface area (Å²) in [6.07, 6.45) is 5.49. The topological polar surface area (TPSA) is 83.4 Å². The van der Waals surface area contributed by atoms with Crippen LogP contribution < -0.4 is 0 Å². The zero-order valence-corrected chi connectivity index (χ0v) is 24.2. The molecule has 0 spiro atoms. The van der Waals surface area contributed by atoms with Crippen molar-refractivity contribution in [1.29, 1.82) is 0 Å². The van der Waals surface area contributed by atoms with E-state index < -0.39 is 23.4 Å². The van der Waals surface area contributed by atoms with Crippen molar-refractivity contribution in [3.05, 3.63) is 149 Å². The summed E-state index contributed by atoms with van der Waals surface area (Å²) < 4.78 is 0. The lowest BCUT2D eigenvalue weighted by molar-refractivity contribution is -0.141. The second-order valence-corrected chi connectivity index (χ2v) is 12.1. The van der Waals surface area contributed by atoms with E-state index in [0.717, 1.165) is 22.4 Å². The van der Waals surface area contributed by atoms with Gasteiger partial charge in [0, 0.05) is 36.3 Å². The lowest BCUT2D eigenvalue weighted by Gasteiger charge is -2.36. The van der Waals surface area contributed by atoms with Crippen molar-refractivity contribution in [2.75, 3.05) is 6.54 Å². The number of amides is 2. The summed E-state index contributed by atoms with van der Waals surface area (Å²) in [7, 11) is 0. The van der Waals surface area contributed by atoms with Gasteiger partial charge in [-0.05, 0) is 52.5 Å². The summed E-state index contributed by atoms with van der Waals surface area (Å²) in [5.74, 6) is -2.19. The van der Waals surface area contributed by atoms with Crippen molar-refractivity contribution in [3.8, 4) is 0 Å². The molecule has 214 valence electrons. The highest BCUT2D eigenvalue weighted by Gasteiger charge is 2.66. The number of aromatic nitrogens is 2. The van der Waals surface area contributed by atoms with Gasteiger partial charge in [-0.25, -0.2) is 0 Å². The number of nitrogens with zero attached hydrogens (tertiary/aromatic N) is 3. The fourth-order valence-electron chi connectivity index (χ4n) is 7.46. The Kier molecular flexibility index (Phi) is 6.66. The Hall–Kier alpha value is -4.68. The number of hydrogen-bond acceptors (Lipinski definition) is 5. The number of allylic oxidation sites excluding steroid dienone is 2. The van der Waals surface area contributed by atoms with E-state index in [2.05, 4.69) is 11.1 Å². The normalized spacial score (nSPS) is 25.1. The van der Waals surface area contributed by atoms with Gasteiger partial charge >= 0.3 is 0 Å². The van der Waals surface area contributed by atoms with Crippen LogP contribution in [-0.4, -0.2) is 38.3 Å². The number of likely N-dealkylation sites (tertiary alicyclic amines) is 1. The Bertz CT molecular complexity index is 1650. The van der Waals surface area contributed by atoms with Gasteiger partial charge in [0.25, 0.3) is 0 Å². The number of carbonyl (C=O) groups is 2. The molecular weight excluding hydrogens is 534 g/mol. The molecule has 2 aromatic heterocycles. The van der Waals surface area contributed by atoms with E-state index in [1.165, 1.54) is 4.90 Å². The first kappa shape index (κ1) is 27.2. The quantitative estimate of drug-likeness (QED) is 0.230. The Balaban J connectivity index is 1.51. The maximum Gasteiger partial charge on any atom is 0.234 e. The van der Waals surface area contributed by atoms with Crippen LogP contribution in [0.5, 0.6) is 0 Å². The minimum Gasteiger partial charge on any atom is -0.375 e. The smallest absolute Gasteiger partial charge is 0.234 e. The molecule has 3 heterocycles. The molecular formula is C37H33N3O3. The van der Waals surface area contributed by atoms with Crippen LogP contribution in [0.15, 0.2) is 127 Å². The monoisotopic (exact) mass is 567 g/mol. The van der Waals surface area contributed by atoms with Crippen LogP contribution in [0, 0.1) is 29.6 Å². The maximum absolute atomic E-state index is 14.3. The van der Waals surface area contributed by atoms with Gasteiger partial charge in [-0.15, -0.1) is 0 Å². The third-order valence-corrected chi connectivity index (χ3v) is 9.09. The highest BCUT2D eigenvalue weighted by Crippen LogP contribution is 2.64. The predicted molar refractivity (Wildman–Crippen MR) is 164 cm³/mol. The minimum absolute atomic E-state index is 0.126. The maximum atomic E-state index is 14.3. The number of fused-ring (bicyclic) bond motifs is 5.